The molecule has 47 valence electrons. The van der Waals surface area contributed by atoms with Gasteiger partial charge in [-0.3, -0.25) is 0 Å². The molecule has 1 radical (unpaired) electrons. The molecule has 1 nitrogen and oxygen atoms in total. The zero-order valence-corrected chi connectivity index (χ0v) is 6.72. The van der Waals surface area contributed by atoms with Crippen LogP contribution in [0.25, 0.3) is 0 Å². The minimum Gasteiger partial charge on any atom is -0.246 e. The lowest BCUT2D eigenvalue weighted by Gasteiger charge is -1.92. The van der Waals surface area contributed by atoms with Crippen LogP contribution in [-0.4, -0.2) is 4.98 Å². The van der Waals surface area contributed by atoms with Crippen LogP contribution in [0.1, 0.15) is 12.6 Å². The maximum Gasteiger partial charge on any atom is 0.106 e. The van der Waals surface area contributed by atoms with E-state index in [1.807, 2.05) is 31.5 Å². The molecule has 0 unspecified atom stereocenters. The number of hydrogen-bond donors (Lipinski definition) is 0. The molecule has 2 heteroatoms. The van der Waals surface area contributed by atoms with Crippen molar-refractivity contribution in [1.82, 2.24) is 4.98 Å². The molecule has 1 aromatic rings. The van der Waals surface area contributed by atoms with Gasteiger partial charge in [-0.2, -0.15) is 0 Å². The predicted octanol–water partition coefficient (Wildman–Crippen LogP) is 2.42. The standard InChI is InChI=1S/C7H7BrN/c1-2-6-4-3-5-7(8)9-6/h2-5H,1H3. The summed E-state index contributed by atoms with van der Waals surface area (Å²) in [7, 11) is 0. The van der Waals surface area contributed by atoms with Crippen molar-refractivity contribution in [2.45, 2.75) is 6.92 Å². The van der Waals surface area contributed by atoms with E-state index in [9.17, 15) is 0 Å². The van der Waals surface area contributed by atoms with Gasteiger partial charge in [0.2, 0.25) is 0 Å². The predicted molar refractivity (Wildman–Crippen MR) is 41.0 cm³/mol. The van der Waals surface area contributed by atoms with Gasteiger partial charge >= 0.3 is 0 Å². The van der Waals surface area contributed by atoms with E-state index in [1.54, 1.807) is 0 Å². The van der Waals surface area contributed by atoms with Crippen LogP contribution in [0.15, 0.2) is 22.8 Å². The molecule has 0 saturated carbocycles. The van der Waals surface area contributed by atoms with Crippen molar-refractivity contribution in [1.29, 1.82) is 0 Å². The van der Waals surface area contributed by atoms with Gasteiger partial charge in [0.25, 0.3) is 0 Å². The van der Waals surface area contributed by atoms with Gasteiger partial charge in [-0.05, 0) is 28.1 Å². The van der Waals surface area contributed by atoms with Gasteiger partial charge in [-0.1, -0.05) is 13.0 Å². The molecule has 0 N–H and O–H groups in total. The molecule has 0 aliphatic heterocycles. The molecule has 1 heterocycles. The smallest absolute Gasteiger partial charge is 0.106 e. The molecule has 0 atom stereocenters. The number of aromatic nitrogens is 1. The second-order valence-electron chi connectivity index (χ2n) is 1.67. The Bertz CT molecular complexity index is 198. The molecular weight excluding hydrogens is 178 g/mol. The Morgan fingerprint density at radius 3 is 2.78 bits per heavy atom. The van der Waals surface area contributed by atoms with Gasteiger partial charge in [0.15, 0.2) is 0 Å². The van der Waals surface area contributed by atoms with Crippen molar-refractivity contribution in [3.8, 4) is 0 Å². The summed E-state index contributed by atoms with van der Waals surface area (Å²) in [5, 5.41) is 0. The summed E-state index contributed by atoms with van der Waals surface area (Å²) in [4.78, 5) is 4.15. The molecule has 0 spiro atoms. The first-order valence-corrected chi connectivity index (χ1v) is 3.54. The van der Waals surface area contributed by atoms with E-state index in [0.717, 1.165) is 10.3 Å². The minimum atomic E-state index is 0.887. The summed E-state index contributed by atoms with van der Waals surface area (Å²) in [5.74, 6) is 0. The topological polar surface area (TPSA) is 12.9 Å². The molecule has 0 amide bonds. The highest BCUT2D eigenvalue weighted by atomic mass is 79.9. The minimum absolute atomic E-state index is 0.887. The maximum absolute atomic E-state index is 4.15. The van der Waals surface area contributed by atoms with Gasteiger partial charge in [0, 0.05) is 12.1 Å². The molecule has 0 aliphatic rings. The van der Waals surface area contributed by atoms with Crippen LogP contribution >= 0.6 is 15.9 Å². The fraction of sp³-hybridized carbons (Fsp3) is 0.143. The highest BCUT2D eigenvalue weighted by Crippen LogP contribution is 2.06. The largest absolute Gasteiger partial charge is 0.246 e. The molecule has 0 saturated heterocycles. The van der Waals surface area contributed by atoms with Crippen molar-refractivity contribution < 1.29 is 0 Å². The lowest BCUT2D eigenvalue weighted by Crippen LogP contribution is -1.82. The second-order valence-corrected chi connectivity index (χ2v) is 2.49. The van der Waals surface area contributed by atoms with E-state index in [0.29, 0.717) is 0 Å². The monoisotopic (exact) mass is 184 g/mol. The number of halogens is 1. The Kier molecular flexibility index (Phi) is 2.22. The molecule has 1 rings (SSSR count). The van der Waals surface area contributed by atoms with Crippen molar-refractivity contribution in [3.63, 3.8) is 0 Å². The Labute approximate surface area is 63.2 Å². The summed E-state index contributed by atoms with van der Waals surface area (Å²) >= 11 is 3.27. The lowest BCUT2D eigenvalue weighted by molar-refractivity contribution is 1.17. The normalized spacial score (nSPS) is 9.56. The SMILES string of the molecule is C[CH]c1cccc(Br)n1. The second kappa shape index (κ2) is 2.97. The Balaban J connectivity index is 2.94. The third-order valence-electron chi connectivity index (χ3n) is 1.03. The van der Waals surface area contributed by atoms with Crippen molar-refractivity contribution in [2.75, 3.05) is 0 Å². The van der Waals surface area contributed by atoms with E-state index in [-0.39, 0.29) is 0 Å². The zero-order chi connectivity index (χ0) is 6.69. The van der Waals surface area contributed by atoms with Gasteiger partial charge < -0.3 is 0 Å². The molecule has 9 heavy (non-hydrogen) atoms. The summed E-state index contributed by atoms with van der Waals surface area (Å²) in [5.41, 5.74) is 1.00. The summed E-state index contributed by atoms with van der Waals surface area (Å²) in [6.07, 6.45) is 1.96. The maximum atomic E-state index is 4.15. The third-order valence-corrected chi connectivity index (χ3v) is 1.47. The number of hydrogen-bond acceptors (Lipinski definition) is 1. The van der Waals surface area contributed by atoms with Crippen molar-refractivity contribution in [2.24, 2.45) is 0 Å². The average Bonchev–Trinajstić information content (AvgIpc) is 1.88. The molecule has 0 bridgehead atoms. The molecule has 0 fully saturated rings. The van der Waals surface area contributed by atoms with Crippen LogP contribution in [0.3, 0.4) is 0 Å². The van der Waals surface area contributed by atoms with Crippen LogP contribution in [0, 0.1) is 6.42 Å². The Hall–Kier alpha value is -0.370. The van der Waals surface area contributed by atoms with Crippen molar-refractivity contribution >= 4 is 15.9 Å². The third kappa shape index (κ3) is 1.79. The van der Waals surface area contributed by atoms with Crippen LogP contribution in [-0.2, 0) is 0 Å². The molecule has 1 aromatic heterocycles. The van der Waals surface area contributed by atoms with E-state index < -0.39 is 0 Å². The number of nitrogens with zero attached hydrogens (tertiary/aromatic N) is 1. The Morgan fingerprint density at radius 1 is 1.56 bits per heavy atom. The summed E-state index contributed by atoms with van der Waals surface area (Å²) in [6, 6.07) is 5.84. The summed E-state index contributed by atoms with van der Waals surface area (Å²) in [6.45, 7) is 1.97. The van der Waals surface area contributed by atoms with Crippen LogP contribution in [0.2, 0.25) is 0 Å². The van der Waals surface area contributed by atoms with Gasteiger partial charge in [0.1, 0.15) is 4.60 Å². The average molecular weight is 185 g/mol. The number of rotatable bonds is 1. The first-order chi connectivity index (χ1) is 4.33. The van der Waals surface area contributed by atoms with E-state index in [1.165, 1.54) is 0 Å². The van der Waals surface area contributed by atoms with E-state index in [4.69, 9.17) is 0 Å². The van der Waals surface area contributed by atoms with Gasteiger partial charge in [0.05, 0.1) is 0 Å². The van der Waals surface area contributed by atoms with E-state index >= 15 is 0 Å². The summed E-state index contributed by atoms with van der Waals surface area (Å²) < 4.78 is 0.887. The highest BCUT2D eigenvalue weighted by molar-refractivity contribution is 9.10. The first kappa shape index (κ1) is 6.75. The van der Waals surface area contributed by atoms with E-state index in [2.05, 4.69) is 20.9 Å². The quantitative estimate of drug-likeness (QED) is 0.612. The van der Waals surface area contributed by atoms with Crippen LogP contribution < -0.4 is 0 Å². The number of pyridine rings is 1. The van der Waals surface area contributed by atoms with Crippen molar-refractivity contribution in [3.05, 3.63) is 34.9 Å². The molecule has 0 aliphatic carbocycles. The first-order valence-electron chi connectivity index (χ1n) is 2.75. The zero-order valence-electron chi connectivity index (χ0n) is 5.13. The fourth-order valence-electron chi connectivity index (χ4n) is 0.585. The van der Waals surface area contributed by atoms with Crippen LogP contribution in [0.5, 0.6) is 0 Å². The van der Waals surface area contributed by atoms with Gasteiger partial charge in [-0.25, -0.2) is 4.98 Å². The Morgan fingerprint density at radius 2 is 2.33 bits per heavy atom. The van der Waals surface area contributed by atoms with Gasteiger partial charge in [-0.15, -0.1) is 0 Å². The van der Waals surface area contributed by atoms with Crippen LogP contribution in [0.4, 0.5) is 0 Å². The fourth-order valence-corrected chi connectivity index (χ4v) is 0.942. The lowest BCUT2D eigenvalue weighted by atomic mass is 10.3. The molecule has 0 aromatic carbocycles. The highest BCUT2D eigenvalue weighted by Gasteiger charge is 1.89. The molecular formula is C7H7BrN.